The molecule has 9 rings (SSSR count). The zero-order valence-electron chi connectivity index (χ0n) is 41.3. The van der Waals surface area contributed by atoms with Gasteiger partial charge in [-0.2, -0.15) is 26.3 Å². The Hall–Kier alpha value is -6.91. The number of urea groups is 2. The van der Waals surface area contributed by atoms with Crippen LogP contribution >= 0.6 is 0 Å². The summed E-state index contributed by atoms with van der Waals surface area (Å²) in [5.41, 5.74) is 0.656. The van der Waals surface area contributed by atoms with Crippen LogP contribution in [0.3, 0.4) is 0 Å². The maximum atomic E-state index is 14.4. The lowest BCUT2D eigenvalue weighted by Gasteiger charge is -2.39. The second kappa shape index (κ2) is 21.4. The number of carbonyl (C=O) groups is 7. The number of alkyl halides is 6. The van der Waals surface area contributed by atoms with E-state index in [1.54, 1.807) is 48.0 Å². The number of rotatable bonds is 11. The maximum Gasteiger partial charge on any atom is 0.416 e. The summed E-state index contributed by atoms with van der Waals surface area (Å²) in [5.74, 6) is -2.24. The maximum absolute atomic E-state index is 14.4. The molecule has 4 saturated heterocycles. The Morgan fingerprint density at radius 1 is 0.573 bits per heavy atom. The highest BCUT2D eigenvalue weighted by Crippen LogP contribution is 2.44. The van der Waals surface area contributed by atoms with Crippen molar-refractivity contribution in [2.75, 3.05) is 43.9 Å². The van der Waals surface area contributed by atoms with Gasteiger partial charge in [0.1, 0.15) is 18.1 Å². The molecule has 4 aliphatic heterocycles. The van der Waals surface area contributed by atoms with Gasteiger partial charge in [0, 0.05) is 73.4 Å². The monoisotopic (exact) mass is 1050 g/mol. The van der Waals surface area contributed by atoms with Crippen LogP contribution in [0.4, 0.5) is 47.3 Å². The van der Waals surface area contributed by atoms with Gasteiger partial charge < -0.3 is 51.5 Å². The number of nitrogens with one attached hydrogen (secondary N) is 6. The molecule has 2 aliphatic carbocycles. The van der Waals surface area contributed by atoms with Crippen LogP contribution in [0.5, 0.6) is 0 Å². The molecule has 6 aliphatic rings. The number of anilines is 2. The Morgan fingerprint density at radius 3 is 1.51 bits per heavy atom. The molecular formula is C52H60F6N10O7. The lowest BCUT2D eigenvalue weighted by molar-refractivity contribution is -0.144. The van der Waals surface area contributed by atoms with Crippen LogP contribution in [0, 0.1) is 0 Å². The minimum Gasteiger partial charge on any atom is -0.351 e. The number of benzene rings is 3. The van der Waals surface area contributed by atoms with Gasteiger partial charge in [0.2, 0.25) is 29.5 Å². The molecule has 0 aromatic heterocycles. The van der Waals surface area contributed by atoms with E-state index in [0.29, 0.717) is 80.4 Å². The first-order valence-electron chi connectivity index (χ1n) is 25.4. The zero-order chi connectivity index (χ0) is 53.5. The molecule has 6 N–H and O–H groups in total. The molecule has 0 bridgehead atoms. The summed E-state index contributed by atoms with van der Waals surface area (Å²) in [6.45, 7) is 2.00. The number of amides is 9. The quantitative estimate of drug-likeness (QED) is 0.130. The molecule has 2 saturated carbocycles. The topological polar surface area (TPSA) is 205 Å². The summed E-state index contributed by atoms with van der Waals surface area (Å²) >= 11 is 0. The average Bonchev–Trinajstić information content (AvgIpc) is 4.23. The van der Waals surface area contributed by atoms with Gasteiger partial charge in [-0.1, -0.05) is 24.3 Å². The van der Waals surface area contributed by atoms with E-state index in [-0.39, 0.29) is 67.8 Å². The van der Waals surface area contributed by atoms with E-state index in [1.165, 1.54) is 34.1 Å². The van der Waals surface area contributed by atoms with Gasteiger partial charge in [-0.3, -0.25) is 24.0 Å². The van der Waals surface area contributed by atoms with Crippen LogP contribution < -0.4 is 31.9 Å². The second-order valence-corrected chi connectivity index (χ2v) is 20.5. The van der Waals surface area contributed by atoms with Crippen molar-refractivity contribution in [3.05, 3.63) is 95.1 Å². The molecule has 23 heteroatoms. The summed E-state index contributed by atoms with van der Waals surface area (Å²) in [5, 5.41) is 17.3. The molecular weight excluding hydrogens is 991 g/mol. The Labute approximate surface area is 428 Å². The van der Waals surface area contributed by atoms with Crippen molar-refractivity contribution in [3.8, 4) is 0 Å². The summed E-state index contributed by atoms with van der Waals surface area (Å²) < 4.78 is 78.5. The van der Waals surface area contributed by atoms with Crippen molar-refractivity contribution in [1.29, 1.82) is 0 Å². The van der Waals surface area contributed by atoms with Crippen molar-refractivity contribution in [2.45, 2.75) is 137 Å². The summed E-state index contributed by atoms with van der Waals surface area (Å²) in [4.78, 5) is 102. The predicted molar refractivity (Wildman–Crippen MR) is 261 cm³/mol. The third-order valence-electron chi connectivity index (χ3n) is 15.6. The van der Waals surface area contributed by atoms with E-state index in [2.05, 4.69) is 31.9 Å². The van der Waals surface area contributed by atoms with Gasteiger partial charge >= 0.3 is 24.4 Å². The lowest BCUT2D eigenvalue weighted by atomic mass is 10.1. The number of hydrogen-bond acceptors (Lipinski definition) is 8. The fraction of sp³-hybridized carbons (Fsp3) is 0.519. The normalized spacial score (nSPS) is 27.1. The summed E-state index contributed by atoms with van der Waals surface area (Å²) in [6.07, 6.45) is -5.21. The Morgan fingerprint density at radius 2 is 1.03 bits per heavy atom. The SMILES string of the molecule is CN[C@@H](C)C(=O)N[C@H]1CN(C(=O)Nc2ccc(NC(=O)N3CCC(=O)N4[C@H](CC[C@H]4C(=O)N[C@H]4C[C@@H]4c4ccc(C(F)(F)F)cc4)CC3)cc2)CC[C@H]2CC[C@@H](C(=O)N[C@H]3C[C@@H]3c3ccc(C(F)(F)F)cc3)N2C1=O. The van der Waals surface area contributed by atoms with Crippen molar-refractivity contribution in [2.24, 2.45) is 0 Å². The minimum absolute atomic E-state index is 0.00986. The van der Waals surface area contributed by atoms with E-state index in [9.17, 15) is 59.9 Å². The number of likely N-dealkylation sites (N-methyl/N-ethyl adjacent to an activating group) is 1. The molecule has 0 radical (unpaired) electrons. The highest BCUT2D eigenvalue weighted by molar-refractivity contribution is 5.96. The van der Waals surface area contributed by atoms with Crippen LogP contribution in [0.15, 0.2) is 72.8 Å². The van der Waals surface area contributed by atoms with Crippen molar-refractivity contribution >= 4 is 53.0 Å². The molecule has 17 nitrogen and oxygen atoms in total. The van der Waals surface area contributed by atoms with Crippen molar-refractivity contribution in [3.63, 3.8) is 0 Å². The van der Waals surface area contributed by atoms with Crippen LogP contribution in [-0.2, 0) is 36.3 Å². The Kier molecular flexibility index (Phi) is 15.1. The number of fused-ring (bicyclic) bond motifs is 2. The van der Waals surface area contributed by atoms with E-state index >= 15 is 0 Å². The van der Waals surface area contributed by atoms with Gasteiger partial charge in [0.05, 0.1) is 23.7 Å². The second-order valence-electron chi connectivity index (χ2n) is 20.5. The van der Waals surface area contributed by atoms with Gasteiger partial charge in [-0.15, -0.1) is 0 Å². The first-order chi connectivity index (χ1) is 35.7. The molecule has 6 fully saturated rings. The van der Waals surface area contributed by atoms with Gasteiger partial charge in [-0.05, 0) is 125 Å². The molecule has 3 aromatic rings. The van der Waals surface area contributed by atoms with Crippen molar-refractivity contribution < 1.29 is 59.9 Å². The third-order valence-corrected chi connectivity index (χ3v) is 15.6. The molecule has 3 aromatic carbocycles. The smallest absolute Gasteiger partial charge is 0.351 e. The molecule has 402 valence electrons. The fourth-order valence-electron chi connectivity index (χ4n) is 11.0. The summed E-state index contributed by atoms with van der Waals surface area (Å²) in [7, 11) is 1.58. The van der Waals surface area contributed by atoms with E-state index < -0.39 is 83.5 Å². The lowest BCUT2D eigenvalue weighted by Crippen LogP contribution is -2.62. The number of halogens is 6. The van der Waals surface area contributed by atoms with Gasteiger partial charge in [0.25, 0.3) is 0 Å². The largest absolute Gasteiger partial charge is 0.416 e. The predicted octanol–water partition coefficient (Wildman–Crippen LogP) is 5.75. The molecule has 4 heterocycles. The molecule has 9 amide bonds. The Balaban J connectivity index is 0.761. The highest BCUT2D eigenvalue weighted by atomic mass is 19.4. The van der Waals surface area contributed by atoms with Gasteiger partial charge in [-0.25, -0.2) is 9.59 Å². The molecule has 75 heavy (non-hydrogen) atoms. The zero-order valence-corrected chi connectivity index (χ0v) is 41.3. The van der Waals surface area contributed by atoms with Crippen LogP contribution in [-0.4, -0.2) is 143 Å². The minimum atomic E-state index is -4.47. The number of carbonyl (C=O) groups excluding carboxylic acids is 7. The number of nitrogens with zero attached hydrogens (tertiary/aromatic N) is 4. The molecule has 0 spiro atoms. The van der Waals surface area contributed by atoms with Crippen LogP contribution in [0.1, 0.15) is 98.8 Å². The third kappa shape index (κ3) is 12.0. The average molecular weight is 1050 g/mol. The van der Waals surface area contributed by atoms with E-state index in [1.807, 2.05) is 0 Å². The Bertz CT molecular complexity index is 2660. The first-order valence-corrected chi connectivity index (χ1v) is 25.4. The molecule has 0 unspecified atom stereocenters. The van der Waals surface area contributed by atoms with Crippen molar-refractivity contribution in [1.82, 2.24) is 40.9 Å². The van der Waals surface area contributed by atoms with Crippen LogP contribution in [0.25, 0.3) is 0 Å². The molecule has 10 atom stereocenters. The highest BCUT2D eigenvalue weighted by Gasteiger charge is 2.49. The van der Waals surface area contributed by atoms with Gasteiger partial charge in [0.15, 0.2) is 0 Å². The number of hydrogen-bond donors (Lipinski definition) is 6. The van der Waals surface area contributed by atoms with E-state index in [0.717, 1.165) is 24.3 Å². The van der Waals surface area contributed by atoms with Crippen LogP contribution in [0.2, 0.25) is 0 Å². The fourth-order valence-corrected chi connectivity index (χ4v) is 11.0. The van der Waals surface area contributed by atoms with E-state index in [4.69, 9.17) is 0 Å². The summed E-state index contributed by atoms with van der Waals surface area (Å²) in [6, 6.07) is 10.5. The standard InChI is InChI=1S/C52H60F6N10O7/c1-28(59-2)45(70)64-41-27-66(23-20-36-16-18-43(68(36)48(41)73)47(72)63-40-26-38(40)30-5-9-32(10-6-30)52(56,57)58)50(75)61-34-13-11-33(12-14-34)60-49(74)65-22-19-35-15-17-42(67(35)44(69)21-24-65)46(71)62-39-25-37(39)29-3-7-31(8-4-29)51(53,54)55/h3-14,28,35-43,59H,15-27H2,1-2H3,(H,60,74)(H,61,75)(H,62,71)(H,63,72)(H,64,70)/t28-,35+,36+,37+,38+,39-,40-,41-,42-,43-/m0/s1. The first kappa shape index (κ1) is 52.9.